The normalized spacial score (nSPS) is 16.8. The first kappa shape index (κ1) is 9.72. The van der Waals surface area contributed by atoms with Gasteiger partial charge in [0, 0.05) is 6.04 Å². The minimum Gasteiger partial charge on any atom is -0.324 e. The van der Waals surface area contributed by atoms with Crippen LogP contribution in [0.5, 0.6) is 0 Å². The molecule has 1 aliphatic carbocycles. The lowest BCUT2D eigenvalue weighted by atomic mass is 9.96. The molecule has 0 amide bonds. The zero-order chi connectivity index (χ0) is 10.1. The summed E-state index contributed by atoms with van der Waals surface area (Å²) in [6.45, 7) is 4.36. The van der Waals surface area contributed by atoms with Gasteiger partial charge in [-0.05, 0) is 54.9 Å². The molecule has 0 unspecified atom stereocenters. The van der Waals surface area contributed by atoms with Gasteiger partial charge in [-0.1, -0.05) is 19.1 Å². The van der Waals surface area contributed by atoms with Crippen molar-refractivity contribution in [3.63, 3.8) is 0 Å². The van der Waals surface area contributed by atoms with Crippen LogP contribution in [0.15, 0.2) is 12.1 Å². The van der Waals surface area contributed by atoms with E-state index in [1.54, 1.807) is 11.1 Å². The van der Waals surface area contributed by atoms with E-state index in [-0.39, 0.29) is 6.04 Å². The molecule has 14 heavy (non-hydrogen) atoms. The van der Waals surface area contributed by atoms with E-state index in [2.05, 4.69) is 26.0 Å². The summed E-state index contributed by atoms with van der Waals surface area (Å²) in [5.41, 5.74) is 12.0. The largest absolute Gasteiger partial charge is 0.324 e. The quantitative estimate of drug-likeness (QED) is 0.760. The zero-order valence-corrected chi connectivity index (χ0v) is 9.14. The molecule has 2 rings (SSSR count). The Morgan fingerprint density at radius 1 is 1.36 bits per heavy atom. The second-order valence-electron chi connectivity index (χ2n) is 4.34. The average molecular weight is 189 g/mol. The Bertz CT molecular complexity index is 341. The van der Waals surface area contributed by atoms with Crippen molar-refractivity contribution in [2.75, 3.05) is 0 Å². The highest BCUT2D eigenvalue weighted by atomic mass is 14.6. The fourth-order valence-electron chi connectivity index (χ4n) is 2.41. The average Bonchev–Trinajstić information content (AvgIpc) is 2.64. The Morgan fingerprint density at radius 3 is 2.86 bits per heavy atom. The van der Waals surface area contributed by atoms with Gasteiger partial charge in [0.1, 0.15) is 0 Å². The van der Waals surface area contributed by atoms with Crippen molar-refractivity contribution in [2.24, 2.45) is 5.73 Å². The van der Waals surface area contributed by atoms with Gasteiger partial charge in [0.25, 0.3) is 0 Å². The molecule has 1 heteroatoms. The second kappa shape index (κ2) is 3.74. The monoisotopic (exact) mass is 189 g/mol. The third-order valence-corrected chi connectivity index (χ3v) is 3.33. The highest BCUT2D eigenvalue weighted by Crippen LogP contribution is 2.28. The molecule has 0 radical (unpaired) electrons. The minimum absolute atomic E-state index is 0.222. The summed E-state index contributed by atoms with van der Waals surface area (Å²) >= 11 is 0. The molecular weight excluding hydrogens is 170 g/mol. The molecular formula is C13H19N. The SMILES string of the molecule is CC[C@@H](N)c1cc(C)c2c(c1)CCC2. The number of fused-ring (bicyclic) bond motifs is 1. The Kier molecular flexibility index (Phi) is 2.60. The maximum Gasteiger partial charge on any atom is 0.0292 e. The van der Waals surface area contributed by atoms with Crippen LogP contribution in [0.2, 0.25) is 0 Å². The van der Waals surface area contributed by atoms with Gasteiger partial charge in [-0.3, -0.25) is 0 Å². The van der Waals surface area contributed by atoms with Gasteiger partial charge in [0.2, 0.25) is 0 Å². The van der Waals surface area contributed by atoms with E-state index in [4.69, 9.17) is 5.73 Å². The highest BCUT2D eigenvalue weighted by Gasteiger charge is 2.15. The summed E-state index contributed by atoms with van der Waals surface area (Å²) in [4.78, 5) is 0. The van der Waals surface area contributed by atoms with Crippen molar-refractivity contribution in [1.29, 1.82) is 0 Å². The molecule has 1 atom stereocenters. The Labute approximate surface area is 86.3 Å². The van der Waals surface area contributed by atoms with Crippen LogP contribution < -0.4 is 5.73 Å². The van der Waals surface area contributed by atoms with Gasteiger partial charge in [0.15, 0.2) is 0 Å². The van der Waals surface area contributed by atoms with E-state index in [1.165, 1.54) is 30.4 Å². The summed E-state index contributed by atoms with van der Waals surface area (Å²) in [6, 6.07) is 4.82. The fraction of sp³-hybridized carbons (Fsp3) is 0.538. The number of rotatable bonds is 2. The van der Waals surface area contributed by atoms with Crippen LogP contribution in [0.3, 0.4) is 0 Å². The van der Waals surface area contributed by atoms with E-state index in [0.29, 0.717) is 0 Å². The Balaban J connectivity index is 2.41. The molecule has 0 aromatic heterocycles. The van der Waals surface area contributed by atoms with Gasteiger partial charge >= 0.3 is 0 Å². The number of hydrogen-bond donors (Lipinski definition) is 1. The lowest BCUT2D eigenvalue weighted by molar-refractivity contribution is 0.697. The summed E-state index contributed by atoms with van der Waals surface area (Å²) in [6.07, 6.45) is 4.86. The fourth-order valence-corrected chi connectivity index (χ4v) is 2.41. The second-order valence-corrected chi connectivity index (χ2v) is 4.34. The lowest BCUT2D eigenvalue weighted by Gasteiger charge is -2.13. The third kappa shape index (κ3) is 1.57. The molecule has 0 spiro atoms. The maximum atomic E-state index is 6.06. The lowest BCUT2D eigenvalue weighted by Crippen LogP contribution is -2.09. The van der Waals surface area contributed by atoms with E-state index in [1.807, 2.05) is 0 Å². The molecule has 2 N–H and O–H groups in total. The molecule has 0 saturated heterocycles. The van der Waals surface area contributed by atoms with Gasteiger partial charge < -0.3 is 5.73 Å². The first-order chi connectivity index (χ1) is 6.72. The van der Waals surface area contributed by atoms with Crippen molar-refractivity contribution in [1.82, 2.24) is 0 Å². The van der Waals surface area contributed by atoms with Crippen molar-refractivity contribution >= 4 is 0 Å². The van der Waals surface area contributed by atoms with Crippen LogP contribution in [0.4, 0.5) is 0 Å². The molecule has 1 aliphatic rings. The van der Waals surface area contributed by atoms with E-state index < -0.39 is 0 Å². The summed E-state index contributed by atoms with van der Waals surface area (Å²) in [5.74, 6) is 0. The summed E-state index contributed by atoms with van der Waals surface area (Å²) in [7, 11) is 0. The van der Waals surface area contributed by atoms with Crippen LogP contribution >= 0.6 is 0 Å². The maximum absolute atomic E-state index is 6.06. The summed E-state index contributed by atoms with van der Waals surface area (Å²) in [5, 5.41) is 0. The first-order valence-electron chi connectivity index (χ1n) is 5.60. The molecule has 1 aromatic carbocycles. The molecule has 0 saturated carbocycles. The van der Waals surface area contributed by atoms with Crippen LogP contribution in [0.25, 0.3) is 0 Å². The van der Waals surface area contributed by atoms with Crippen molar-refractivity contribution in [2.45, 2.75) is 45.6 Å². The van der Waals surface area contributed by atoms with Crippen LogP contribution in [-0.4, -0.2) is 0 Å². The van der Waals surface area contributed by atoms with Crippen molar-refractivity contribution in [3.8, 4) is 0 Å². The topological polar surface area (TPSA) is 26.0 Å². The molecule has 0 fully saturated rings. The van der Waals surface area contributed by atoms with Crippen molar-refractivity contribution < 1.29 is 0 Å². The number of benzene rings is 1. The molecule has 0 bridgehead atoms. The van der Waals surface area contributed by atoms with E-state index in [9.17, 15) is 0 Å². The Hall–Kier alpha value is -0.820. The van der Waals surface area contributed by atoms with E-state index in [0.717, 1.165) is 6.42 Å². The Morgan fingerprint density at radius 2 is 2.14 bits per heavy atom. The predicted molar refractivity (Wildman–Crippen MR) is 60.4 cm³/mol. The van der Waals surface area contributed by atoms with Crippen molar-refractivity contribution in [3.05, 3.63) is 34.4 Å². The molecule has 1 nitrogen and oxygen atoms in total. The highest BCUT2D eigenvalue weighted by molar-refractivity contribution is 5.42. The first-order valence-corrected chi connectivity index (χ1v) is 5.60. The standard InChI is InChI=1S/C13H19N/c1-3-13(14)11-7-9(2)12-6-4-5-10(12)8-11/h7-8,13H,3-6,14H2,1-2H3/t13-/m1/s1. The van der Waals surface area contributed by atoms with Gasteiger partial charge in [-0.15, -0.1) is 0 Å². The molecule has 0 heterocycles. The minimum atomic E-state index is 0.222. The molecule has 1 aromatic rings. The molecule has 0 aliphatic heterocycles. The van der Waals surface area contributed by atoms with Gasteiger partial charge in [0.05, 0.1) is 0 Å². The number of aryl methyl sites for hydroxylation is 2. The van der Waals surface area contributed by atoms with Gasteiger partial charge in [-0.2, -0.15) is 0 Å². The number of hydrogen-bond acceptors (Lipinski definition) is 1. The van der Waals surface area contributed by atoms with Crippen LogP contribution in [0, 0.1) is 6.92 Å². The third-order valence-electron chi connectivity index (χ3n) is 3.33. The zero-order valence-electron chi connectivity index (χ0n) is 9.14. The predicted octanol–water partition coefficient (Wildman–Crippen LogP) is 2.89. The van der Waals surface area contributed by atoms with Crippen LogP contribution in [-0.2, 0) is 12.8 Å². The smallest absolute Gasteiger partial charge is 0.0292 e. The molecule has 76 valence electrons. The van der Waals surface area contributed by atoms with Gasteiger partial charge in [-0.25, -0.2) is 0 Å². The number of nitrogens with two attached hydrogens (primary N) is 1. The summed E-state index contributed by atoms with van der Waals surface area (Å²) < 4.78 is 0. The van der Waals surface area contributed by atoms with E-state index >= 15 is 0 Å². The van der Waals surface area contributed by atoms with Crippen LogP contribution in [0.1, 0.15) is 48.1 Å².